The van der Waals surface area contributed by atoms with E-state index >= 15 is 0 Å². The van der Waals surface area contributed by atoms with Gasteiger partial charge in [-0.3, -0.25) is 10.1 Å². The van der Waals surface area contributed by atoms with Crippen LogP contribution in [0.25, 0.3) is 0 Å². The number of rotatable bonds is 8. The molecule has 1 aromatic carbocycles. The minimum Gasteiger partial charge on any atom is -0.391 e. The fourth-order valence-electron chi connectivity index (χ4n) is 3.51. The molecule has 24 heavy (non-hydrogen) atoms. The molecule has 0 heterocycles. The number of nitro benzene ring substituents is 1. The van der Waals surface area contributed by atoms with E-state index in [2.05, 4.69) is 5.32 Å². The first-order valence-electron chi connectivity index (χ1n) is 8.91. The first-order valence-corrected chi connectivity index (χ1v) is 8.91. The topological polar surface area (TPSA) is 101 Å². The zero-order valence-corrected chi connectivity index (χ0v) is 14.4. The van der Waals surface area contributed by atoms with E-state index in [9.17, 15) is 15.2 Å². The maximum absolute atomic E-state index is 11.1. The van der Waals surface area contributed by atoms with Crippen LogP contribution in [-0.2, 0) is 0 Å². The highest BCUT2D eigenvalue weighted by molar-refractivity contribution is 5.62. The number of nitrogens with two attached hydrogens (primary N) is 1. The Labute approximate surface area is 143 Å². The molecule has 0 saturated heterocycles. The van der Waals surface area contributed by atoms with Crippen LogP contribution < -0.4 is 11.1 Å². The molecule has 0 amide bonds. The van der Waals surface area contributed by atoms with Crippen molar-refractivity contribution in [2.24, 2.45) is 11.7 Å². The normalized spacial score (nSPS) is 18.1. The molecule has 0 bridgehead atoms. The fraction of sp³-hybridized carbons (Fsp3) is 0.667. The first kappa shape index (κ1) is 18.7. The van der Waals surface area contributed by atoms with Crippen LogP contribution in [-0.4, -0.2) is 28.7 Å². The summed E-state index contributed by atoms with van der Waals surface area (Å²) in [7, 11) is 0. The lowest BCUT2D eigenvalue weighted by atomic mass is 9.82. The molecule has 1 aliphatic carbocycles. The van der Waals surface area contributed by atoms with Gasteiger partial charge in [0.15, 0.2) is 0 Å². The molecule has 0 aromatic heterocycles. The van der Waals surface area contributed by atoms with Gasteiger partial charge in [0, 0.05) is 18.7 Å². The molecule has 2 atom stereocenters. The molecule has 0 spiro atoms. The average molecular weight is 335 g/mol. The highest BCUT2D eigenvalue weighted by Crippen LogP contribution is 2.28. The third-order valence-corrected chi connectivity index (χ3v) is 4.95. The second kappa shape index (κ2) is 8.99. The molecule has 1 fully saturated rings. The van der Waals surface area contributed by atoms with Crippen LogP contribution in [0.3, 0.4) is 0 Å². The van der Waals surface area contributed by atoms with Crippen molar-refractivity contribution in [2.75, 3.05) is 11.9 Å². The molecule has 0 radical (unpaired) electrons. The van der Waals surface area contributed by atoms with E-state index in [-0.39, 0.29) is 16.7 Å². The lowest BCUT2D eigenvalue weighted by Gasteiger charge is -2.30. The van der Waals surface area contributed by atoms with Gasteiger partial charge in [0.2, 0.25) is 0 Å². The number of benzene rings is 1. The summed E-state index contributed by atoms with van der Waals surface area (Å²) in [6.07, 6.45) is 6.84. The van der Waals surface area contributed by atoms with Crippen LogP contribution in [0.5, 0.6) is 0 Å². The molecule has 1 aliphatic rings. The van der Waals surface area contributed by atoms with Crippen LogP contribution in [0.4, 0.5) is 11.4 Å². The van der Waals surface area contributed by atoms with Crippen molar-refractivity contribution in [2.45, 2.75) is 64.0 Å². The van der Waals surface area contributed by atoms with Crippen molar-refractivity contribution in [3.63, 3.8) is 0 Å². The van der Waals surface area contributed by atoms with Crippen LogP contribution in [0, 0.1) is 23.0 Å². The fourth-order valence-corrected chi connectivity index (χ4v) is 3.51. The van der Waals surface area contributed by atoms with Gasteiger partial charge < -0.3 is 16.2 Å². The number of aryl methyl sites for hydroxylation is 1. The summed E-state index contributed by atoms with van der Waals surface area (Å²) < 4.78 is 0. The zero-order chi connectivity index (χ0) is 17.5. The summed E-state index contributed by atoms with van der Waals surface area (Å²) in [4.78, 5) is 10.7. The summed E-state index contributed by atoms with van der Waals surface area (Å²) in [5, 5.41) is 24.6. The van der Waals surface area contributed by atoms with Gasteiger partial charge >= 0.3 is 0 Å². The van der Waals surface area contributed by atoms with Gasteiger partial charge in [-0.1, -0.05) is 25.3 Å². The maximum atomic E-state index is 11.1. The Hall–Kier alpha value is -1.66. The highest BCUT2D eigenvalue weighted by Gasteiger charge is 2.26. The molecule has 1 saturated carbocycles. The molecule has 1 aromatic rings. The zero-order valence-electron chi connectivity index (χ0n) is 14.4. The Morgan fingerprint density at radius 3 is 2.75 bits per heavy atom. The van der Waals surface area contributed by atoms with E-state index < -0.39 is 6.10 Å². The number of aliphatic hydroxyl groups is 1. The van der Waals surface area contributed by atoms with Gasteiger partial charge in [0.05, 0.1) is 11.0 Å². The number of nitrogens with one attached hydrogen (secondary N) is 1. The van der Waals surface area contributed by atoms with Crippen molar-refractivity contribution < 1.29 is 10.0 Å². The van der Waals surface area contributed by atoms with Crippen molar-refractivity contribution in [1.29, 1.82) is 0 Å². The van der Waals surface area contributed by atoms with Crippen molar-refractivity contribution in [3.8, 4) is 0 Å². The number of hydrogen-bond donors (Lipinski definition) is 3. The minimum absolute atomic E-state index is 0.0899. The van der Waals surface area contributed by atoms with Gasteiger partial charge in [-0.25, -0.2) is 0 Å². The molecule has 6 nitrogen and oxygen atoms in total. The number of nitro groups is 1. The largest absolute Gasteiger partial charge is 0.391 e. The number of aliphatic hydroxyl groups excluding tert-OH is 1. The molecule has 2 rings (SSSR count). The average Bonchev–Trinajstić information content (AvgIpc) is 2.58. The lowest BCUT2D eigenvalue weighted by molar-refractivity contribution is -0.384. The quantitative estimate of drug-likeness (QED) is 0.384. The summed E-state index contributed by atoms with van der Waals surface area (Å²) >= 11 is 0. The van der Waals surface area contributed by atoms with E-state index in [1.54, 1.807) is 12.1 Å². The van der Waals surface area contributed by atoms with Crippen molar-refractivity contribution in [3.05, 3.63) is 33.9 Å². The number of hydrogen-bond acceptors (Lipinski definition) is 5. The van der Waals surface area contributed by atoms with E-state index in [1.807, 2.05) is 6.92 Å². The molecule has 0 aliphatic heterocycles. The van der Waals surface area contributed by atoms with Gasteiger partial charge in [-0.15, -0.1) is 0 Å². The maximum Gasteiger partial charge on any atom is 0.292 e. The first-order chi connectivity index (χ1) is 11.5. The lowest BCUT2D eigenvalue weighted by Crippen LogP contribution is -2.41. The van der Waals surface area contributed by atoms with E-state index in [1.165, 1.54) is 25.3 Å². The molecule has 2 unspecified atom stereocenters. The summed E-state index contributed by atoms with van der Waals surface area (Å²) in [6, 6.07) is 4.83. The molecule has 4 N–H and O–H groups in total. The molecule has 134 valence electrons. The molecule has 6 heteroatoms. The van der Waals surface area contributed by atoms with Crippen LogP contribution in [0.15, 0.2) is 18.2 Å². The van der Waals surface area contributed by atoms with E-state index in [4.69, 9.17) is 5.73 Å². The standard InChI is InChI=1S/C18H29N3O3/c1-13-9-10-17(21(23)24)16(12-13)20-11-5-8-15(19)18(22)14-6-3-2-4-7-14/h9-10,12,14-15,18,20,22H,2-8,11,19H2,1H3. The van der Waals surface area contributed by atoms with Gasteiger partial charge in [0.1, 0.15) is 5.69 Å². The Balaban J connectivity index is 1.78. The van der Waals surface area contributed by atoms with Crippen LogP contribution in [0.1, 0.15) is 50.5 Å². The van der Waals surface area contributed by atoms with Gasteiger partial charge in [0.25, 0.3) is 5.69 Å². The second-order valence-corrected chi connectivity index (χ2v) is 6.90. The Bertz CT molecular complexity index is 544. The summed E-state index contributed by atoms with van der Waals surface area (Å²) in [6.45, 7) is 2.51. The van der Waals surface area contributed by atoms with Crippen molar-refractivity contribution >= 4 is 11.4 Å². The Morgan fingerprint density at radius 1 is 1.38 bits per heavy atom. The summed E-state index contributed by atoms with van der Waals surface area (Å²) in [5.74, 6) is 0.333. The van der Waals surface area contributed by atoms with Crippen molar-refractivity contribution in [1.82, 2.24) is 0 Å². The molecular formula is C18H29N3O3. The highest BCUT2D eigenvalue weighted by atomic mass is 16.6. The Kier molecular flexibility index (Phi) is 6.99. The predicted octanol–water partition coefficient (Wildman–Crippen LogP) is 3.36. The van der Waals surface area contributed by atoms with E-state index in [0.717, 1.165) is 24.8 Å². The number of anilines is 1. The number of nitrogens with zero attached hydrogens (tertiary/aromatic N) is 1. The predicted molar refractivity (Wildman–Crippen MR) is 96.1 cm³/mol. The third kappa shape index (κ3) is 5.18. The van der Waals surface area contributed by atoms with Crippen LogP contribution >= 0.6 is 0 Å². The van der Waals surface area contributed by atoms with Gasteiger partial charge in [-0.05, 0) is 50.2 Å². The third-order valence-electron chi connectivity index (χ3n) is 4.95. The minimum atomic E-state index is -0.432. The molecular weight excluding hydrogens is 306 g/mol. The smallest absolute Gasteiger partial charge is 0.292 e. The Morgan fingerprint density at radius 2 is 2.08 bits per heavy atom. The SMILES string of the molecule is Cc1ccc([N+](=O)[O-])c(NCCCC(N)C(O)C2CCCCC2)c1. The summed E-state index contributed by atoms with van der Waals surface area (Å²) in [5.41, 5.74) is 7.76. The van der Waals surface area contributed by atoms with Crippen LogP contribution in [0.2, 0.25) is 0 Å². The van der Waals surface area contributed by atoms with Gasteiger partial charge in [-0.2, -0.15) is 0 Å². The second-order valence-electron chi connectivity index (χ2n) is 6.90. The monoisotopic (exact) mass is 335 g/mol. The van der Waals surface area contributed by atoms with E-state index in [0.29, 0.717) is 24.6 Å².